The summed E-state index contributed by atoms with van der Waals surface area (Å²) in [7, 11) is -2.17. The van der Waals surface area contributed by atoms with Gasteiger partial charge in [0, 0.05) is 18.7 Å². The molecule has 0 radical (unpaired) electrons. The number of sulfonamides is 1. The fourth-order valence-corrected chi connectivity index (χ4v) is 3.54. The summed E-state index contributed by atoms with van der Waals surface area (Å²) in [5, 5.41) is 0. The van der Waals surface area contributed by atoms with Crippen molar-refractivity contribution in [2.24, 2.45) is 11.7 Å². The predicted molar refractivity (Wildman–Crippen MR) is 83.2 cm³/mol. The van der Waals surface area contributed by atoms with Gasteiger partial charge in [-0.2, -0.15) is 0 Å². The van der Waals surface area contributed by atoms with Gasteiger partial charge in [0.25, 0.3) is 0 Å². The van der Waals surface area contributed by atoms with Crippen LogP contribution in [0.5, 0.6) is 0 Å². The highest BCUT2D eigenvalue weighted by molar-refractivity contribution is 7.89. The Morgan fingerprint density at radius 1 is 1.40 bits per heavy atom. The topological polar surface area (TPSA) is 81.4 Å². The molecule has 0 bridgehead atoms. The lowest BCUT2D eigenvalue weighted by atomic mass is 10.1. The van der Waals surface area contributed by atoms with Crippen LogP contribution in [0.1, 0.15) is 19.4 Å². The minimum absolute atomic E-state index is 0.0545. The Hall–Kier alpha value is -1.02. The summed E-state index contributed by atoms with van der Waals surface area (Å²) in [6, 6.07) is 6.10. The molecule has 0 amide bonds. The molecule has 20 heavy (non-hydrogen) atoms. The average Bonchev–Trinajstić information content (AvgIpc) is 2.38. The molecule has 5 nitrogen and oxygen atoms in total. The van der Waals surface area contributed by atoms with Gasteiger partial charge < -0.3 is 10.5 Å². The van der Waals surface area contributed by atoms with E-state index in [2.05, 4.69) is 4.72 Å². The van der Waals surface area contributed by atoms with Gasteiger partial charge in [0.05, 0.1) is 11.5 Å². The molecule has 3 N–H and O–H groups in total. The van der Waals surface area contributed by atoms with Crippen LogP contribution in [0.4, 0.5) is 0 Å². The summed E-state index contributed by atoms with van der Waals surface area (Å²) >= 11 is 4.90. The van der Waals surface area contributed by atoms with Gasteiger partial charge >= 0.3 is 0 Å². The smallest absolute Gasteiger partial charge is 0.241 e. The van der Waals surface area contributed by atoms with E-state index < -0.39 is 10.0 Å². The maximum Gasteiger partial charge on any atom is 0.241 e. The van der Waals surface area contributed by atoms with Crippen LogP contribution in [-0.2, 0) is 14.8 Å². The highest BCUT2D eigenvalue weighted by Crippen LogP contribution is 2.17. The van der Waals surface area contributed by atoms with E-state index in [1.807, 2.05) is 13.8 Å². The summed E-state index contributed by atoms with van der Waals surface area (Å²) in [6.45, 7) is 4.14. The lowest BCUT2D eigenvalue weighted by molar-refractivity contribution is 0.157. The van der Waals surface area contributed by atoms with E-state index in [9.17, 15) is 8.42 Å². The highest BCUT2D eigenvalue weighted by Gasteiger charge is 2.25. The first kappa shape index (κ1) is 17.0. The Morgan fingerprint density at radius 2 is 2.00 bits per heavy atom. The Labute approximate surface area is 125 Å². The monoisotopic (exact) mass is 316 g/mol. The molecule has 112 valence electrons. The summed E-state index contributed by atoms with van der Waals surface area (Å²) in [5.41, 5.74) is 5.92. The number of rotatable bonds is 7. The number of nitrogens with two attached hydrogens (primary N) is 1. The van der Waals surface area contributed by atoms with Crippen molar-refractivity contribution in [1.29, 1.82) is 0 Å². The highest BCUT2D eigenvalue weighted by atomic mass is 32.2. The molecule has 0 heterocycles. The van der Waals surface area contributed by atoms with Gasteiger partial charge in [-0.1, -0.05) is 44.3 Å². The van der Waals surface area contributed by atoms with E-state index in [1.165, 1.54) is 13.2 Å². The van der Waals surface area contributed by atoms with Crippen molar-refractivity contribution >= 4 is 27.2 Å². The van der Waals surface area contributed by atoms with Gasteiger partial charge in [-0.15, -0.1) is 0 Å². The first-order valence-electron chi connectivity index (χ1n) is 6.19. The predicted octanol–water partition coefficient (Wildman–Crippen LogP) is 1.27. The molecule has 0 aliphatic rings. The van der Waals surface area contributed by atoms with Crippen LogP contribution in [-0.4, -0.2) is 33.2 Å². The minimum atomic E-state index is -3.70. The third kappa shape index (κ3) is 4.24. The second-order valence-electron chi connectivity index (χ2n) is 4.79. The van der Waals surface area contributed by atoms with Crippen LogP contribution in [0.25, 0.3) is 0 Å². The zero-order valence-corrected chi connectivity index (χ0v) is 13.4. The largest absolute Gasteiger partial charge is 0.389 e. The number of hydrogen-bond acceptors (Lipinski definition) is 4. The second kappa shape index (κ2) is 7.12. The van der Waals surface area contributed by atoms with E-state index in [0.29, 0.717) is 12.2 Å². The maximum absolute atomic E-state index is 12.5. The molecular weight excluding hydrogens is 296 g/mol. The first-order valence-corrected chi connectivity index (χ1v) is 8.09. The van der Waals surface area contributed by atoms with Crippen molar-refractivity contribution < 1.29 is 13.2 Å². The summed E-state index contributed by atoms with van der Waals surface area (Å²) < 4.78 is 32.6. The number of hydrogen-bond donors (Lipinski definition) is 2. The molecule has 0 aromatic heterocycles. The van der Waals surface area contributed by atoms with Crippen molar-refractivity contribution in [3.05, 3.63) is 29.8 Å². The third-order valence-corrected chi connectivity index (χ3v) is 4.67. The molecule has 0 spiro atoms. The van der Waals surface area contributed by atoms with Crippen LogP contribution < -0.4 is 10.5 Å². The molecule has 1 atom stereocenters. The maximum atomic E-state index is 12.5. The Bertz CT molecular complexity index is 571. The van der Waals surface area contributed by atoms with Gasteiger partial charge in [-0.3, -0.25) is 0 Å². The fourth-order valence-electron chi connectivity index (χ4n) is 1.71. The molecule has 1 aromatic rings. The van der Waals surface area contributed by atoms with Gasteiger partial charge in [0.15, 0.2) is 0 Å². The van der Waals surface area contributed by atoms with Crippen LogP contribution >= 0.6 is 12.2 Å². The first-order chi connectivity index (χ1) is 9.29. The Balaban J connectivity index is 3.14. The Morgan fingerprint density at radius 3 is 2.50 bits per heavy atom. The van der Waals surface area contributed by atoms with Crippen molar-refractivity contribution in [3.63, 3.8) is 0 Å². The van der Waals surface area contributed by atoms with E-state index in [4.69, 9.17) is 22.7 Å². The van der Waals surface area contributed by atoms with Crippen LogP contribution in [0.15, 0.2) is 29.2 Å². The lowest BCUT2D eigenvalue weighted by Gasteiger charge is -2.22. The Kier molecular flexibility index (Phi) is 6.07. The van der Waals surface area contributed by atoms with Crippen LogP contribution in [0, 0.1) is 5.92 Å². The van der Waals surface area contributed by atoms with Gasteiger partial charge in [0.2, 0.25) is 10.0 Å². The number of ether oxygens (including phenoxy) is 1. The zero-order valence-electron chi connectivity index (χ0n) is 11.8. The number of thiocarbonyl (C=S) groups is 1. The van der Waals surface area contributed by atoms with Crippen molar-refractivity contribution in [2.75, 3.05) is 13.7 Å². The molecule has 1 rings (SSSR count). The van der Waals surface area contributed by atoms with Crippen LogP contribution in [0.2, 0.25) is 0 Å². The quantitative estimate of drug-likeness (QED) is 0.740. The average molecular weight is 316 g/mol. The van der Waals surface area contributed by atoms with E-state index in [-0.39, 0.29) is 21.8 Å². The normalized spacial score (nSPS) is 13.4. The number of benzene rings is 1. The van der Waals surface area contributed by atoms with Crippen LogP contribution in [0.3, 0.4) is 0 Å². The molecule has 1 aromatic carbocycles. The molecule has 0 fully saturated rings. The van der Waals surface area contributed by atoms with Gasteiger partial charge in [-0.05, 0) is 12.0 Å². The van der Waals surface area contributed by atoms with Crippen molar-refractivity contribution in [1.82, 2.24) is 4.72 Å². The lowest BCUT2D eigenvalue weighted by Crippen LogP contribution is -2.42. The van der Waals surface area contributed by atoms with Crippen molar-refractivity contribution in [3.8, 4) is 0 Å². The molecule has 1 unspecified atom stereocenters. The third-order valence-electron chi connectivity index (χ3n) is 2.90. The summed E-state index contributed by atoms with van der Waals surface area (Å²) in [4.78, 5) is 0.146. The standard InChI is InChI=1S/C13H20N2O3S2/c1-9(2)11(8-18-3)15-20(16,17)12-7-5-4-6-10(12)13(14)19/h4-7,9,11,15H,8H2,1-3H3,(H2,14,19). The van der Waals surface area contributed by atoms with E-state index in [0.717, 1.165) is 0 Å². The number of nitrogens with one attached hydrogen (secondary N) is 1. The summed E-state index contributed by atoms with van der Waals surface area (Å²) in [5.74, 6) is 0.0988. The second-order valence-corrected chi connectivity index (χ2v) is 6.91. The zero-order chi connectivity index (χ0) is 15.3. The van der Waals surface area contributed by atoms with E-state index in [1.54, 1.807) is 18.2 Å². The van der Waals surface area contributed by atoms with Gasteiger partial charge in [0.1, 0.15) is 4.99 Å². The van der Waals surface area contributed by atoms with Crippen molar-refractivity contribution in [2.45, 2.75) is 24.8 Å². The molecule has 0 saturated carbocycles. The molecule has 0 aliphatic carbocycles. The minimum Gasteiger partial charge on any atom is -0.389 e. The number of methoxy groups -OCH3 is 1. The van der Waals surface area contributed by atoms with Gasteiger partial charge in [-0.25, -0.2) is 13.1 Å². The van der Waals surface area contributed by atoms with E-state index >= 15 is 0 Å². The molecule has 0 aliphatic heterocycles. The molecule has 7 heteroatoms. The fraction of sp³-hybridized carbons (Fsp3) is 0.462. The summed E-state index contributed by atoms with van der Waals surface area (Å²) in [6.07, 6.45) is 0. The SMILES string of the molecule is COCC(NS(=O)(=O)c1ccccc1C(N)=S)C(C)C. The molecular formula is C13H20N2O3S2. The molecule has 0 saturated heterocycles.